The summed E-state index contributed by atoms with van der Waals surface area (Å²) in [5.74, 6) is -1.60. The number of carbonyl (C=O) groups excluding carboxylic acids is 3. The van der Waals surface area contributed by atoms with Crippen molar-refractivity contribution in [3.05, 3.63) is 29.8 Å². The Morgan fingerprint density at radius 1 is 1.16 bits per heavy atom. The number of nitrogens with one attached hydrogen (secondary N) is 3. The second-order valence-corrected chi connectivity index (χ2v) is 6.87. The highest BCUT2D eigenvalue weighted by atomic mass is 32.2. The molecular formula is C15H21N3O6S. The predicted molar refractivity (Wildman–Crippen MR) is 89.4 cm³/mol. The highest BCUT2D eigenvalue weighted by Gasteiger charge is 2.18. The van der Waals surface area contributed by atoms with Crippen molar-refractivity contribution in [2.45, 2.75) is 31.2 Å². The van der Waals surface area contributed by atoms with E-state index in [-0.39, 0.29) is 16.5 Å². The summed E-state index contributed by atoms with van der Waals surface area (Å²) in [5, 5.41) is 4.11. The SMILES string of the molecule is CCC(C)NS(=O)(=O)c1ccc(C(=O)OCC(=O)NC(=O)NC)cc1. The van der Waals surface area contributed by atoms with Gasteiger partial charge in [-0.05, 0) is 37.6 Å². The van der Waals surface area contributed by atoms with Gasteiger partial charge in [0.1, 0.15) is 0 Å². The standard InChI is InChI=1S/C15H21N3O6S/c1-4-10(2)18-25(22,23)12-7-5-11(6-8-12)14(20)24-9-13(19)17-15(21)16-3/h5-8,10,18H,4,9H2,1-3H3,(H2,16,17,19,21). The van der Waals surface area contributed by atoms with E-state index in [2.05, 4.69) is 10.0 Å². The summed E-state index contributed by atoms with van der Waals surface area (Å²) in [5.41, 5.74) is 0.0789. The van der Waals surface area contributed by atoms with E-state index in [1.807, 2.05) is 12.2 Å². The lowest BCUT2D eigenvalue weighted by molar-refractivity contribution is -0.123. The second-order valence-electron chi connectivity index (χ2n) is 5.16. The second kappa shape index (κ2) is 9.14. The fraction of sp³-hybridized carbons (Fsp3) is 0.400. The van der Waals surface area contributed by atoms with Crippen LogP contribution in [0.2, 0.25) is 0 Å². The summed E-state index contributed by atoms with van der Waals surface area (Å²) in [6.07, 6.45) is 0.641. The Hall–Kier alpha value is -2.46. The number of esters is 1. The Kier molecular flexibility index (Phi) is 7.52. The lowest BCUT2D eigenvalue weighted by Gasteiger charge is -2.12. The van der Waals surface area contributed by atoms with Gasteiger partial charge >= 0.3 is 12.0 Å². The Morgan fingerprint density at radius 2 is 1.76 bits per heavy atom. The van der Waals surface area contributed by atoms with E-state index in [4.69, 9.17) is 4.74 Å². The number of urea groups is 1. The molecule has 1 atom stereocenters. The normalized spacial score (nSPS) is 12.1. The first kappa shape index (κ1) is 20.6. The highest BCUT2D eigenvalue weighted by Crippen LogP contribution is 2.12. The molecule has 0 saturated heterocycles. The van der Waals surface area contributed by atoms with Crippen LogP contribution in [0.1, 0.15) is 30.6 Å². The summed E-state index contributed by atoms with van der Waals surface area (Å²) in [7, 11) is -2.33. The van der Waals surface area contributed by atoms with Gasteiger partial charge in [-0.15, -0.1) is 0 Å². The quantitative estimate of drug-likeness (QED) is 0.594. The van der Waals surface area contributed by atoms with Crippen LogP contribution in [0.3, 0.4) is 0 Å². The number of carbonyl (C=O) groups is 3. The molecule has 0 aliphatic rings. The van der Waals surface area contributed by atoms with Gasteiger partial charge in [0, 0.05) is 13.1 Å². The molecule has 138 valence electrons. The molecule has 1 aromatic rings. The van der Waals surface area contributed by atoms with E-state index in [0.29, 0.717) is 6.42 Å². The van der Waals surface area contributed by atoms with Crippen molar-refractivity contribution in [2.75, 3.05) is 13.7 Å². The number of sulfonamides is 1. The molecule has 0 bridgehead atoms. The average Bonchev–Trinajstić information content (AvgIpc) is 2.59. The largest absolute Gasteiger partial charge is 0.452 e. The van der Waals surface area contributed by atoms with Gasteiger partial charge in [-0.1, -0.05) is 6.92 Å². The number of ether oxygens (including phenoxy) is 1. The lowest BCUT2D eigenvalue weighted by atomic mass is 10.2. The van der Waals surface area contributed by atoms with Crippen LogP contribution in [0.5, 0.6) is 0 Å². The fourth-order valence-electron chi connectivity index (χ4n) is 1.63. The van der Waals surface area contributed by atoms with Crippen molar-refractivity contribution in [1.29, 1.82) is 0 Å². The monoisotopic (exact) mass is 371 g/mol. The van der Waals surface area contributed by atoms with Crippen molar-refractivity contribution in [3.8, 4) is 0 Å². The molecule has 3 N–H and O–H groups in total. The van der Waals surface area contributed by atoms with E-state index < -0.39 is 34.5 Å². The van der Waals surface area contributed by atoms with Crippen LogP contribution in [0.25, 0.3) is 0 Å². The maximum absolute atomic E-state index is 12.1. The Balaban J connectivity index is 2.68. The van der Waals surface area contributed by atoms with Crippen LogP contribution >= 0.6 is 0 Å². The third-order valence-corrected chi connectivity index (χ3v) is 4.79. The molecule has 0 aliphatic heterocycles. The molecule has 0 radical (unpaired) electrons. The number of rotatable bonds is 7. The fourth-order valence-corrected chi connectivity index (χ4v) is 2.95. The average molecular weight is 371 g/mol. The molecule has 0 heterocycles. The van der Waals surface area contributed by atoms with E-state index in [1.165, 1.54) is 31.3 Å². The molecule has 3 amide bonds. The third-order valence-electron chi connectivity index (χ3n) is 3.18. The van der Waals surface area contributed by atoms with E-state index in [9.17, 15) is 22.8 Å². The number of amides is 3. The summed E-state index contributed by atoms with van der Waals surface area (Å²) in [6.45, 7) is 2.96. The molecule has 0 fully saturated rings. The van der Waals surface area contributed by atoms with Crippen molar-refractivity contribution >= 4 is 27.9 Å². The van der Waals surface area contributed by atoms with Gasteiger partial charge in [-0.2, -0.15) is 0 Å². The minimum atomic E-state index is -3.67. The number of benzene rings is 1. The first-order valence-corrected chi connectivity index (χ1v) is 8.99. The zero-order valence-electron chi connectivity index (χ0n) is 14.2. The maximum Gasteiger partial charge on any atom is 0.338 e. The minimum Gasteiger partial charge on any atom is -0.452 e. The van der Waals surface area contributed by atoms with E-state index in [1.54, 1.807) is 6.92 Å². The molecule has 0 aliphatic carbocycles. The van der Waals surface area contributed by atoms with Crippen molar-refractivity contribution < 1.29 is 27.5 Å². The first-order chi connectivity index (χ1) is 11.7. The van der Waals surface area contributed by atoms with Gasteiger partial charge in [-0.3, -0.25) is 10.1 Å². The van der Waals surface area contributed by atoms with Gasteiger partial charge in [0.05, 0.1) is 10.5 Å². The molecule has 9 nitrogen and oxygen atoms in total. The number of hydrogen-bond acceptors (Lipinski definition) is 6. The van der Waals surface area contributed by atoms with E-state index in [0.717, 1.165) is 0 Å². The van der Waals surface area contributed by atoms with Gasteiger partial charge < -0.3 is 10.1 Å². The number of imide groups is 1. The summed E-state index contributed by atoms with van der Waals surface area (Å²) < 4.78 is 31.5. The lowest BCUT2D eigenvalue weighted by Crippen LogP contribution is -2.39. The predicted octanol–water partition coefficient (Wildman–Crippen LogP) is 0.376. The minimum absolute atomic E-state index is 0.0155. The van der Waals surface area contributed by atoms with Gasteiger partial charge in [-0.25, -0.2) is 22.7 Å². The molecule has 0 spiro atoms. The highest BCUT2D eigenvalue weighted by molar-refractivity contribution is 7.89. The van der Waals surface area contributed by atoms with Gasteiger partial charge in [0.15, 0.2) is 6.61 Å². The Labute approximate surface area is 146 Å². The Morgan fingerprint density at radius 3 is 2.28 bits per heavy atom. The van der Waals surface area contributed by atoms with Crippen molar-refractivity contribution in [3.63, 3.8) is 0 Å². The molecule has 0 aromatic heterocycles. The smallest absolute Gasteiger partial charge is 0.338 e. The first-order valence-electron chi connectivity index (χ1n) is 7.50. The maximum atomic E-state index is 12.1. The van der Waals surface area contributed by atoms with Crippen molar-refractivity contribution in [1.82, 2.24) is 15.4 Å². The summed E-state index contributed by atoms with van der Waals surface area (Å²) in [6, 6.07) is 4.17. The molecular weight excluding hydrogens is 350 g/mol. The van der Waals surface area contributed by atoms with Crippen LogP contribution in [-0.4, -0.2) is 46.0 Å². The zero-order valence-corrected chi connectivity index (χ0v) is 15.0. The molecule has 10 heteroatoms. The Bertz CT molecular complexity index is 730. The van der Waals surface area contributed by atoms with Crippen LogP contribution < -0.4 is 15.4 Å². The topological polar surface area (TPSA) is 131 Å². The van der Waals surface area contributed by atoms with E-state index >= 15 is 0 Å². The third kappa shape index (κ3) is 6.51. The van der Waals surface area contributed by atoms with Crippen LogP contribution in [0.15, 0.2) is 29.2 Å². The molecule has 1 aromatic carbocycles. The number of hydrogen-bond donors (Lipinski definition) is 3. The van der Waals surface area contributed by atoms with Crippen LogP contribution in [-0.2, 0) is 19.6 Å². The van der Waals surface area contributed by atoms with Gasteiger partial charge in [0.25, 0.3) is 5.91 Å². The zero-order chi connectivity index (χ0) is 19.0. The summed E-state index contributed by atoms with van der Waals surface area (Å²) >= 11 is 0. The molecule has 0 saturated carbocycles. The van der Waals surface area contributed by atoms with Crippen molar-refractivity contribution in [2.24, 2.45) is 0 Å². The van der Waals surface area contributed by atoms with Crippen LogP contribution in [0.4, 0.5) is 4.79 Å². The molecule has 1 unspecified atom stereocenters. The molecule has 1 rings (SSSR count). The molecule has 25 heavy (non-hydrogen) atoms. The van der Waals surface area contributed by atoms with Crippen LogP contribution in [0, 0.1) is 0 Å². The van der Waals surface area contributed by atoms with Gasteiger partial charge in [0.2, 0.25) is 10.0 Å². The summed E-state index contributed by atoms with van der Waals surface area (Å²) in [4.78, 5) is 34.1.